The van der Waals surface area contributed by atoms with Crippen LogP contribution in [-0.2, 0) is 11.5 Å². The second kappa shape index (κ2) is 4.70. The molecule has 0 fully saturated rings. The molecule has 0 atom stereocenters. The smallest absolute Gasteiger partial charge is 0.255 e. The molecule has 5 heteroatoms. The first kappa shape index (κ1) is 12.6. The Bertz CT molecular complexity index is 920. The number of hydrogen-bond donors (Lipinski definition) is 1. The number of nitrogens with zero attached hydrogens (tertiary/aromatic N) is 1. The summed E-state index contributed by atoms with van der Waals surface area (Å²) in [7, 11) is 0. The van der Waals surface area contributed by atoms with Crippen LogP contribution in [0.2, 0.25) is 0 Å². The van der Waals surface area contributed by atoms with Crippen molar-refractivity contribution in [2.75, 3.05) is 0 Å². The highest BCUT2D eigenvalue weighted by Gasteiger charge is 2.19. The zero-order valence-electron chi connectivity index (χ0n) is 11.0. The van der Waals surface area contributed by atoms with Gasteiger partial charge >= 0.3 is 0 Å². The molecule has 0 bridgehead atoms. The maximum Gasteiger partial charge on any atom is 0.255 e. The van der Waals surface area contributed by atoms with E-state index in [0.717, 1.165) is 28.0 Å². The first-order valence-electron chi connectivity index (χ1n) is 6.61. The van der Waals surface area contributed by atoms with Crippen LogP contribution in [0, 0.1) is 5.82 Å². The van der Waals surface area contributed by atoms with Gasteiger partial charge in [0.1, 0.15) is 11.6 Å². The monoisotopic (exact) mass is 298 g/mol. The lowest BCUT2D eigenvalue weighted by molar-refractivity contribution is 0.640. The number of fused-ring (bicyclic) bond motifs is 2. The van der Waals surface area contributed by atoms with Crippen LogP contribution >= 0.6 is 11.8 Å². The van der Waals surface area contributed by atoms with Gasteiger partial charge in [0.2, 0.25) is 0 Å². The predicted molar refractivity (Wildman–Crippen MR) is 82.8 cm³/mol. The third-order valence-corrected chi connectivity index (χ3v) is 4.68. The Hall–Kier alpha value is -2.14. The molecule has 3 nitrogen and oxygen atoms in total. The van der Waals surface area contributed by atoms with Crippen LogP contribution in [0.3, 0.4) is 0 Å². The summed E-state index contributed by atoms with van der Waals surface area (Å²) in [6.45, 7) is 0. The quantitative estimate of drug-likeness (QED) is 0.748. The van der Waals surface area contributed by atoms with Gasteiger partial charge in [0.05, 0.1) is 5.69 Å². The highest BCUT2D eigenvalue weighted by atomic mass is 32.2. The molecule has 4 rings (SSSR count). The van der Waals surface area contributed by atoms with Crippen molar-refractivity contribution in [1.29, 1.82) is 0 Å². The van der Waals surface area contributed by atoms with E-state index in [1.54, 1.807) is 30.0 Å². The molecule has 104 valence electrons. The molecule has 0 amide bonds. The van der Waals surface area contributed by atoms with Gasteiger partial charge in [-0.1, -0.05) is 24.3 Å². The minimum Gasteiger partial charge on any atom is -0.306 e. The zero-order chi connectivity index (χ0) is 14.4. The second-order valence-electron chi connectivity index (χ2n) is 4.97. The number of aromatic amines is 1. The fourth-order valence-electron chi connectivity index (χ4n) is 2.66. The van der Waals surface area contributed by atoms with Crippen molar-refractivity contribution >= 4 is 22.5 Å². The Labute approximate surface area is 124 Å². The number of rotatable bonds is 1. The fraction of sp³-hybridized carbons (Fsp3) is 0.125. The molecule has 0 saturated carbocycles. The van der Waals surface area contributed by atoms with Crippen LogP contribution in [0.1, 0.15) is 11.3 Å². The van der Waals surface area contributed by atoms with Gasteiger partial charge in [0.15, 0.2) is 0 Å². The lowest BCUT2D eigenvalue weighted by Gasteiger charge is -2.08. The molecule has 1 aliphatic heterocycles. The van der Waals surface area contributed by atoms with Crippen molar-refractivity contribution in [2.45, 2.75) is 11.5 Å². The molecule has 1 N–H and O–H groups in total. The summed E-state index contributed by atoms with van der Waals surface area (Å²) in [5.41, 5.74) is 2.26. The molecule has 3 aromatic rings. The highest BCUT2D eigenvalue weighted by molar-refractivity contribution is 7.98. The molecule has 2 heterocycles. The second-order valence-corrected chi connectivity index (χ2v) is 5.96. The molecule has 1 aromatic heterocycles. The van der Waals surface area contributed by atoms with E-state index in [2.05, 4.69) is 9.97 Å². The van der Waals surface area contributed by atoms with E-state index in [0.29, 0.717) is 17.0 Å². The molecule has 0 radical (unpaired) electrons. The van der Waals surface area contributed by atoms with E-state index in [4.69, 9.17) is 0 Å². The Morgan fingerprint density at radius 3 is 2.76 bits per heavy atom. The summed E-state index contributed by atoms with van der Waals surface area (Å²) in [4.78, 5) is 19.5. The van der Waals surface area contributed by atoms with Crippen molar-refractivity contribution in [3.05, 3.63) is 63.8 Å². The van der Waals surface area contributed by atoms with E-state index < -0.39 is 0 Å². The van der Waals surface area contributed by atoms with Crippen molar-refractivity contribution < 1.29 is 4.39 Å². The summed E-state index contributed by atoms with van der Waals surface area (Å²) in [5, 5.41) is 1.29. The van der Waals surface area contributed by atoms with Gasteiger partial charge in [0.25, 0.3) is 5.56 Å². The van der Waals surface area contributed by atoms with Gasteiger partial charge in [0, 0.05) is 28.0 Å². The number of benzene rings is 2. The van der Waals surface area contributed by atoms with Gasteiger partial charge in [-0.15, -0.1) is 0 Å². The molecule has 0 saturated heterocycles. The first-order valence-corrected chi connectivity index (χ1v) is 7.77. The minimum atomic E-state index is -0.270. The zero-order valence-corrected chi connectivity index (χ0v) is 11.8. The summed E-state index contributed by atoms with van der Waals surface area (Å²) in [5.74, 6) is 1.71. The minimum absolute atomic E-state index is 0.0894. The molecule has 21 heavy (non-hydrogen) atoms. The number of thioether (sulfide) groups is 1. The normalized spacial score (nSPS) is 13.6. The Morgan fingerprint density at radius 2 is 1.90 bits per heavy atom. The number of hydrogen-bond acceptors (Lipinski definition) is 3. The number of H-pyrrole nitrogens is 1. The Balaban J connectivity index is 2.02. The number of halogens is 1. The van der Waals surface area contributed by atoms with Crippen LogP contribution in [-0.4, -0.2) is 9.97 Å². The lowest BCUT2D eigenvalue weighted by Crippen LogP contribution is -2.15. The fourth-order valence-corrected chi connectivity index (χ4v) is 3.69. The SMILES string of the molecule is O=c1[nH]c(-c2ccc(F)c3ccccc23)nc2c1CSC2. The van der Waals surface area contributed by atoms with Gasteiger partial charge < -0.3 is 4.98 Å². The van der Waals surface area contributed by atoms with Crippen LogP contribution in [0.4, 0.5) is 4.39 Å². The van der Waals surface area contributed by atoms with Crippen LogP contribution < -0.4 is 5.56 Å². The standard InChI is InChI=1S/C16H11FN2OS/c17-13-6-5-11(9-3-1-2-4-10(9)13)15-18-14-8-21-7-12(14)16(20)19-15/h1-6H,7-8H2,(H,18,19,20). The lowest BCUT2D eigenvalue weighted by atomic mass is 10.0. The molecular weight excluding hydrogens is 287 g/mol. The summed E-state index contributed by atoms with van der Waals surface area (Å²) < 4.78 is 13.9. The van der Waals surface area contributed by atoms with Gasteiger partial charge in [-0.25, -0.2) is 9.37 Å². The summed E-state index contributed by atoms with van der Waals surface area (Å²) in [6.07, 6.45) is 0. The molecule has 0 aliphatic carbocycles. The summed E-state index contributed by atoms with van der Waals surface area (Å²) >= 11 is 1.68. The average Bonchev–Trinajstić information content (AvgIpc) is 2.97. The number of aromatic nitrogens is 2. The van der Waals surface area contributed by atoms with Gasteiger partial charge in [-0.2, -0.15) is 11.8 Å². The molecule has 0 unspecified atom stereocenters. The van der Waals surface area contributed by atoms with Crippen molar-refractivity contribution in [3.8, 4) is 11.4 Å². The molecule has 1 aliphatic rings. The van der Waals surface area contributed by atoms with E-state index >= 15 is 0 Å². The number of nitrogens with one attached hydrogen (secondary N) is 1. The van der Waals surface area contributed by atoms with E-state index in [9.17, 15) is 9.18 Å². The topological polar surface area (TPSA) is 45.8 Å². The van der Waals surface area contributed by atoms with Crippen molar-refractivity contribution in [3.63, 3.8) is 0 Å². The van der Waals surface area contributed by atoms with E-state index in [1.807, 2.05) is 12.1 Å². The third kappa shape index (κ3) is 1.96. The highest BCUT2D eigenvalue weighted by Crippen LogP contribution is 2.30. The van der Waals surface area contributed by atoms with Gasteiger partial charge in [-0.3, -0.25) is 4.79 Å². The Kier molecular flexibility index (Phi) is 2.82. The van der Waals surface area contributed by atoms with E-state index in [1.165, 1.54) is 6.07 Å². The van der Waals surface area contributed by atoms with Crippen molar-refractivity contribution in [1.82, 2.24) is 9.97 Å². The first-order chi connectivity index (χ1) is 10.2. The maximum absolute atomic E-state index is 13.9. The predicted octanol–water partition coefficient (Wildman–Crippen LogP) is 3.48. The third-order valence-electron chi connectivity index (χ3n) is 3.71. The van der Waals surface area contributed by atoms with E-state index in [-0.39, 0.29) is 11.4 Å². The molecule has 2 aromatic carbocycles. The largest absolute Gasteiger partial charge is 0.306 e. The molecular formula is C16H11FN2OS. The van der Waals surface area contributed by atoms with Crippen LogP contribution in [0.25, 0.3) is 22.2 Å². The molecule has 0 spiro atoms. The maximum atomic E-state index is 13.9. The summed E-state index contributed by atoms with van der Waals surface area (Å²) in [6, 6.07) is 10.3. The van der Waals surface area contributed by atoms with Crippen LogP contribution in [0.5, 0.6) is 0 Å². The van der Waals surface area contributed by atoms with Crippen LogP contribution in [0.15, 0.2) is 41.2 Å². The van der Waals surface area contributed by atoms with Crippen molar-refractivity contribution in [2.24, 2.45) is 0 Å². The van der Waals surface area contributed by atoms with Gasteiger partial charge in [-0.05, 0) is 17.5 Å². The Morgan fingerprint density at radius 1 is 1.10 bits per heavy atom. The average molecular weight is 298 g/mol.